The van der Waals surface area contributed by atoms with Gasteiger partial charge in [-0.25, -0.2) is 0 Å². The number of ether oxygens (including phenoxy) is 3. The molecule has 0 amide bonds. The minimum Gasteiger partial charge on any atom is -0.462 e. The Balaban J connectivity index is 4.30. The highest BCUT2D eigenvalue weighted by molar-refractivity contribution is 5.71. The van der Waals surface area contributed by atoms with Crippen LogP contribution in [0.1, 0.15) is 278 Å². The topological polar surface area (TPSA) is 78.9 Å². The molecule has 0 aliphatic heterocycles. The third-order valence-corrected chi connectivity index (χ3v) is 11.6. The van der Waals surface area contributed by atoms with Crippen molar-refractivity contribution in [3.05, 3.63) is 36.5 Å². The van der Waals surface area contributed by atoms with E-state index >= 15 is 0 Å². The molecule has 1 unspecified atom stereocenters. The van der Waals surface area contributed by atoms with E-state index in [2.05, 4.69) is 57.2 Å². The summed E-state index contributed by atoms with van der Waals surface area (Å²) in [5, 5.41) is 0. The zero-order valence-corrected chi connectivity index (χ0v) is 40.7. The number of allylic oxidation sites excluding steroid dienone is 6. The van der Waals surface area contributed by atoms with Crippen LogP contribution in [-0.4, -0.2) is 37.2 Å². The van der Waals surface area contributed by atoms with Gasteiger partial charge in [0.2, 0.25) is 0 Å². The Bertz CT molecular complexity index is 1030. The Hall–Kier alpha value is -2.37. The molecule has 0 N–H and O–H groups in total. The largest absolute Gasteiger partial charge is 0.462 e. The Morgan fingerprint density at radius 3 is 1.03 bits per heavy atom. The van der Waals surface area contributed by atoms with E-state index < -0.39 is 6.10 Å². The fourth-order valence-corrected chi connectivity index (χ4v) is 7.65. The summed E-state index contributed by atoms with van der Waals surface area (Å²) in [5.74, 6) is -0.918. The number of esters is 3. The zero-order chi connectivity index (χ0) is 44.4. The van der Waals surface area contributed by atoms with Crippen LogP contribution in [0, 0.1) is 0 Å². The molecular weight excluding hydrogens is 757 g/mol. The van der Waals surface area contributed by atoms with Gasteiger partial charge in [-0.2, -0.15) is 0 Å². The summed E-state index contributed by atoms with van der Waals surface area (Å²) in [6.45, 7) is 6.51. The van der Waals surface area contributed by atoms with Crippen molar-refractivity contribution >= 4 is 17.9 Å². The summed E-state index contributed by atoms with van der Waals surface area (Å²) in [7, 11) is 0. The van der Waals surface area contributed by atoms with Crippen LogP contribution in [0.4, 0.5) is 0 Å². The average molecular weight is 857 g/mol. The van der Waals surface area contributed by atoms with Crippen molar-refractivity contribution in [2.24, 2.45) is 0 Å². The van der Waals surface area contributed by atoms with Crippen LogP contribution < -0.4 is 0 Å². The molecule has 0 aromatic rings. The van der Waals surface area contributed by atoms with E-state index in [1.54, 1.807) is 0 Å². The lowest BCUT2D eigenvalue weighted by molar-refractivity contribution is -0.167. The highest BCUT2D eigenvalue weighted by Gasteiger charge is 2.19. The first-order chi connectivity index (χ1) is 30.0. The van der Waals surface area contributed by atoms with Gasteiger partial charge in [0.1, 0.15) is 13.2 Å². The van der Waals surface area contributed by atoms with E-state index in [4.69, 9.17) is 14.2 Å². The van der Waals surface area contributed by atoms with E-state index in [-0.39, 0.29) is 31.1 Å². The monoisotopic (exact) mass is 857 g/mol. The SMILES string of the molecule is CC/C=C\C/C=C\CCCCC(=O)OCC(COC(=O)CCCCCCC/C=C\CCCCCCCCCCC)OC(=O)CCCCCCCCCCCCCCCCCC. The van der Waals surface area contributed by atoms with Gasteiger partial charge in [-0.05, 0) is 70.6 Å². The first-order valence-corrected chi connectivity index (χ1v) is 26.5. The maximum atomic E-state index is 12.8. The van der Waals surface area contributed by atoms with Crippen LogP contribution in [0.2, 0.25) is 0 Å². The fraction of sp³-hybridized carbons (Fsp3) is 0.836. The predicted octanol–water partition coefficient (Wildman–Crippen LogP) is 17.3. The summed E-state index contributed by atoms with van der Waals surface area (Å²) in [6.07, 6.45) is 58.6. The van der Waals surface area contributed by atoms with Gasteiger partial charge >= 0.3 is 17.9 Å². The first-order valence-electron chi connectivity index (χ1n) is 26.5. The van der Waals surface area contributed by atoms with Gasteiger partial charge in [0.25, 0.3) is 0 Å². The Kier molecular flexibility index (Phi) is 48.3. The molecule has 0 spiro atoms. The van der Waals surface area contributed by atoms with E-state index in [1.807, 2.05) is 0 Å². The van der Waals surface area contributed by atoms with Crippen molar-refractivity contribution in [3.8, 4) is 0 Å². The molecule has 0 saturated carbocycles. The van der Waals surface area contributed by atoms with Gasteiger partial charge in [0.15, 0.2) is 6.10 Å². The van der Waals surface area contributed by atoms with Crippen molar-refractivity contribution < 1.29 is 28.6 Å². The van der Waals surface area contributed by atoms with Gasteiger partial charge in [-0.3, -0.25) is 14.4 Å². The van der Waals surface area contributed by atoms with Gasteiger partial charge in [-0.1, -0.05) is 224 Å². The first kappa shape index (κ1) is 58.6. The Labute approximate surface area is 378 Å². The molecule has 61 heavy (non-hydrogen) atoms. The van der Waals surface area contributed by atoms with E-state index in [0.29, 0.717) is 19.3 Å². The lowest BCUT2D eigenvalue weighted by atomic mass is 10.0. The Morgan fingerprint density at radius 1 is 0.344 bits per heavy atom. The number of rotatable bonds is 48. The molecule has 0 aliphatic carbocycles. The minimum atomic E-state index is -0.783. The third-order valence-electron chi connectivity index (χ3n) is 11.6. The maximum Gasteiger partial charge on any atom is 0.306 e. The molecule has 0 saturated heterocycles. The molecular formula is C55H100O6. The van der Waals surface area contributed by atoms with Gasteiger partial charge in [0, 0.05) is 19.3 Å². The van der Waals surface area contributed by atoms with Crippen molar-refractivity contribution in [1.82, 2.24) is 0 Å². The van der Waals surface area contributed by atoms with Gasteiger partial charge < -0.3 is 14.2 Å². The number of carbonyl (C=O) groups is 3. The van der Waals surface area contributed by atoms with Crippen LogP contribution in [0.5, 0.6) is 0 Å². The quantitative estimate of drug-likeness (QED) is 0.0262. The lowest BCUT2D eigenvalue weighted by Gasteiger charge is -2.18. The fourth-order valence-electron chi connectivity index (χ4n) is 7.65. The second kappa shape index (κ2) is 50.3. The normalized spacial score (nSPS) is 12.2. The molecule has 6 heteroatoms. The molecule has 0 bridgehead atoms. The van der Waals surface area contributed by atoms with Crippen molar-refractivity contribution in [3.63, 3.8) is 0 Å². The molecule has 0 aromatic carbocycles. The minimum absolute atomic E-state index is 0.0839. The second-order valence-corrected chi connectivity index (χ2v) is 17.8. The molecule has 1 atom stereocenters. The van der Waals surface area contributed by atoms with Crippen LogP contribution >= 0.6 is 0 Å². The Morgan fingerprint density at radius 2 is 0.639 bits per heavy atom. The van der Waals surface area contributed by atoms with E-state index in [0.717, 1.165) is 77.0 Å². The molecule has 0 radical (unpaired) electrons. The van der Waals surface area contributed by atoms with Crippen LogP contribution in [0.15, 0.2) is 36.5 Å². The standard InChI is InChI=1S/C55H100O6/c1-4-7-10-13-16-19-21-23-25-27-28-30-31-33-36-39-42-45-48-54(57)60-51-52(50-59-53(56)47-44-41-38-35-18-15-12-9-6-3)61-55(58)49-46-43-40-37-34-32-29-26-24-22-20-17-14-11-8-5-2/h9,12,18,28,30,35,52H,4-8,10-11,13-17,19-27,29,31-34,36-51H2,1-3H3/b12-9-,30-28-,35-18-. The molecule has 0 rings (SSSR count). The second-order valence-electron chi connectivity index (χ2n) is 17.8. The van der Waals surface area contributed by atoms with Crippen LogP contribution in [-0.2, 0) is 28.6 Å². The van der Waals surface area contributed by atoms with Gasteiger partial charge in [-0.15, -0.1) is 0 Å². The van der Waals surface area contributed by atoms with Crippen LogP contribution in [0.3, 0.4) is 0 Å². The number of hydrogen-bond donors (Lipinski definition) is 0. The number of carbonyl (C=O) groups excluding carboxylic acids is 3. The molecule has 356 valence electrons. The maximum absolute atomic E-state index is 12.8. The molecule has 0 aromatic heterocycles. The molecule has 0 heterocycles. The van der Waals surface area contributed by atoms with Crippen molar-refractivity contribution in [2.75, 3.05) is 13.2 Å². The predicted molar refractivity (Wildman–Crippen MR) is 261 cm³/mol. The summed E-state index contributed by atoms with van der Waals surface area (Å²) >= 11 is 0. The third kappa shape index (κ3) is 48.5. The van der Waals surface area contributed by atoms with Crippen molar-refractivity contribution in [1.29, 1.82) is 0 Å². The zero-order valence-electron chi connectivity index (χ0n) is 40.7. The summed E-state index contributed by atoms with van der Waals surface area (Å²) in [4.78, 5) is 37.9. The molecule has 6 nitrogen and oxygen atoms in total. The summed E-state index contributed by atoms with van der Waals surface area (Å²) in [6, 6.07) is 0. The highest BCUT2D eigenvalue weighted by Crippen LogP contribution is 2.16. The smallest absolute Gasteiger partial charge is 0.306 e. The average Bonchev–Trinajstić information content (AvgIpc) is 3.26. The number of unbranched alkanes of at least 4 members (excludes halogenated alkanes) is 31. The molecule has 0 aliphatic rings. The lowest BCUT2D eigenvalue weighted by Crippen LogP contribution is -2.30. The van der Waals surface area contributed by atoms with Crippen molar-refractivity contribution in [2.45, 2.75) is 284 Å². The van der Waals surface area contributed by atoms with Crippen LogP contribution in [0.25, 0.3) is 0 Å². The highest BCUT2D eigenvalue weighted by atomic mass is 16.6. The van der Waals surface area contributed by atoms with Gasteiger partial charge in [0.05, 0.1) is 0 Å². The number of hydrogen-bond acceptors (Lipinski definition) is 6. The molecule has 0 fully saturated rings. The van der Waals surface area contributed by atoms with E-state index in [1.165, 1.54) is 161 Å². The summed E-state index contributed by atoms with van der Waals surface area (Å²) < 4.78 is 16.7. The van der Waals surface area contributed by atoms with E-state index in [9.17, 15) is 14.4 Å². The summed E-state index contributed by atoms with van der Waals surface area (Å²) in [5.41, 5.74) is 0.